The Morgan fingerprint density at radius 2 is 2.00 bits per heavy atom. The fraction of sp³-hybridized carbons (Fsp3) is 0.333. The van der Waals surface area contributed by atoms with Crippen molar-refractivity contribution in [3.05, 3.63) is 65.8 Å². The minimum absolute atomic E-state index is 0.00719. The van der Waals surface area contributed by atoms with Gasteiger partial charge in [-0.25, -0.2) is 4.99 Å². The van der Waals surface area contributed by atoms with Crippen molar-refractivity contribution in [3.8, 4) is 5.75 Å². The molecule has 1 aliphatic heterocycles. The number of hydrogen-bond donors (Lipinski definition) is 1. The molecule has 2 N–H and O–H groups in total. The number of benzene rings is 2. The van der Waals surface area contributed by atoms with Crippen molar-refractivity contribution in [1.29, 1.82) is 0 Å². The highest BCUT2D eigenvalue weighted by Crippen LogP contribution is 2.37. The molecule has 5 nitrogen and oxygen atoms in total. The van der Waals surface area contributed by atoms with Crippen molar-refractivity contribution in [3.63, 3.8) is 0 Å². The number of amides is 1. The van der Waals surface area contributed by atoms with Gasteiger partial charge in [0.25, 0.3) is 0 Å². The number of nitrogens with two attached hydrogens (primary N) is 1. The first-order chi connectivity index (χ1) is 13.9. The Morgan fingerprint density at radius 1 is 1.24 bits per heavy atom. The van der Waals surface area contributed by atoms with Crippen LogP contribution in [0.4, 0.5) is 0 Å². The highest BCUT2D eigenvalue weighted by atomic mass is 16.5. The van der Waals surface area contributed by atoms with Gasteiger partial charge in [-0.15, -0.1) is 0 Å². The van der Waals surface area contributed by atoms with Crippen LogP contribution in [0.25, 0.3) is 10.8 Å². The first-order valence-electron chi connectivity index (χ1n) is 10.1. The number of fused-ring (bicyclic) bond motifs is 1. The number of carbonyl (C=O) groups excluding carboxylic acids is 1. The fourth-order valence-electron chi connectivity index (χ4n) is 4.08. The Bertz CT molecular complexity index is 1050. The van der Waals surface area contributed by atoms with Crippen LogP contribution in [0.5, 0.6) is 5.75 Å². The van der Waals surface area contributed by atoms with Gasteiger partial charge in [0, 0.05) is 13.0 Å². The maximum absolute atomic E-state index is 12.3. The summed E-state index contributed by atoms with van der Waals surface area (Å²) in [4.78, 5) is 18.4. The van der Waals surface area contributed by atoms with Gasteiger partial charge in [-0.05, 0) is 54.3 Å². The molecule has 1 heterocycles. The molecule has 0 aromatic heterocycles. The first kappa shape index (κ1) is 19.2. The third kappa shape index (κ3) is 3.65. The fourth-order valence-corrected chi connectivity index (χ4v) is 4.08. The lowest BCUT2D eigenvalue weighted by Gasteiger charge is -2.35. The summed E-state index contributed by atoms with van der Waals surface area (Å²) in [6.45, 7) is 4.64. The van der Waals surface area contributed by atoms with Gasteiger partial charge >= 0.3 is 0 Å². The van der Waals surface area contributed by atoms with Crippen LogP contribution in [-0.4, -0.2) is 36.0 Å². The number of ether oxygens (including phenoxy) is 1. The van der Waals surface area contributed by atoms with Crippen LogP contribution in [0.2, 0.25) is 0 Å². The molecule has 0 fully saturated rings. The third-order valence-electron chi connectivity index (χ3n) is 5.84. The molecule has 4 rings (SSSR count). The van der Waals surface area contributed by atoms with E-state index in [2.05, 4.69) is 53.6 Å². The molecule has 2 atom stereocenters. The van der Waals surface area contributed by atoms with Gasteiger partial charge in [-0.1, -0.05) is 42.5 Å². The van der Waals surface area contributed by atoms with E-state index >= 15 is 0 Å². The van der Waals surface area contributed by atoms with Gasteiger partial charge in [0.15, 0.2) is 5.96 Å². The third-order valence-corrected chi connectivity index (χ3v) is 5.84. The quantitative estimate of drug-likeness (QED) is 0.854. The summed E-state index contributed by atoms with van der Waals surface area (Å²) in [5, 5.41) is 2.36. The lowest BCUT2D eigenvalue weighted by Crippen LogP contribution is -2.49. The molecule has 2 aromatic rings. The molecule has 1 amide bonds. The number of hydrogen-bond acceptors (Lipinski definition) is 4. The highest BCUT2D eigenvalue weighted by Gasteiger charge is 2.37. The summed E-state index contributed by atoms with van der Waals surface area (Å²) in [5.74, 6) is 1.41. The second-order valence-corrected chi connectivity index (χ2v) is 7.94. The maximum Gasteiger partial charge on any atom is 0.231 e. The number of allylic oxidation sites excluding steroid dienone is 2. The van der Waals surface area contributed by atoms with E-state index in [9.17, 15) is 4.79 Å². The van der Waals surface area contributed by atoms with Crippen molar-refractivity contribution in [1.82, 2.24) is 4.90 Å². The number of rotatable bonds is 4. The summed E-state index contributed by atoms with van der Waals surface area (Å²) in [5.41, 5.74) is 7.67. The van der Waals surface area contributed by atoms with Gasteiger partial charge in [0.2, 0.25) is 5.91 Å². The summed E-state index contributed by atoms with van der Waals surface area (Å²) < 4.78 is 5.61. The van der Waals surface area contributed by atoms with Gasteiger partial charge in [0.05, 0.1) is 18.6 Å². The Morgan fingerprint density at radius 3 is 2.76 bits per heavy atom. The summed E-state index contributed by atoms with van der Waals surface area (Å²) in [7, 11) is 1.67. The monoisotopic (exact) mass is 389 g/mol. The van der Waals surface area contributed by atoms with Gasteiger partial charge in [-0.3, -0.25) is 9.69 Å². The smallest absolute Gasteiger partial charge is 0.231 e. The second-order valence-electron chi connectivity index (χ2n) is 7.94. The molecule has 2 aromatic carbocycles. The summed E-state index contributed by atoms with van der Waals surface area (Å²) in [6.07, 6.45) is 7.74. The molecule has 150 valence electrons. The minimum Gasteiger partial charge on any atom is -0.494 e. The molecule has 0 saturated carbocycles. The lowest BCUT2D eigenvalue weighted by atomic mass is 9.80. The Labute approximate surface area is 171 Å². The number of carbonyl (C=O) groups is 1. The van der Waals surface area contributed by atoms with Crippen LogP contribution in [-0.2, 0) is 4.79 Å². The molecular formula is C24H27N3O2. The molecule has 2 unspecified atom stereocenters. The Kier molecular flexibility index (Phi) is 4.91. The SMILES string of the molecule is CCOc1ccc2cc(C3C=C(C4(C)CC(=O)N(C)C(N)=N4)C=CC3)ccc2c1. The molecular weight excluding hydrogens is 362 g/mol. The Hall–Kier alpha value is -3.08. The van der Waals surface area contributed by atoms with Crippen LogP contribution >= 0.6 is 0 Å². The van der Waals surface area contributed by atoms with Crippen LogP contribution in [0.15, 0.2) is 65.2 Å². The van der Waals surface area contributed by atoms with E-state index in [0.717, 1.165) is 17.7 Å². The average Bonchev–Trinajstić information content (AvgIpc) is 2.72. The molecule has 0 bridgehead atoms. The van der Waals surface area contributed by atoms with E-state index in [0.29, 0.717) is 13.0 Å². The molecule has 0 spiro atoms. The number of aliphatic imine (C=N–C) groups is 1. The van der Waals surface area contributed by atoms with Gasteiger partial charge < -0.3 is 10.5 Å². The highest BCUT2D eigenvalue weighted by molar-refractivity contribution is 5.99. The normalized spacial score (nSPS) is 24.4. The zero-order valence-electron chi connectivity index (χ0n) is 17.2. The molecule has 2 aliphatic rings. The van der Waals surface area contributed by atoms with E-state index in [-0.39, 0.29) is 17.8 Å². The van der Waals surface area contributed by atoms with E-state index in [1.54, 1.807) is 7.05 Å². The van der Waals surface area contributed by atoms with Crippen LogP contribution in [0.1, 0.15) is 38.2 Å². The standard InChI is InChI=1S/C24H27N3O2/c1-4-29-21-11-10-18-12-17(8-9-19(18)14-21)16-6-5-7-20(13-16)24(2)15-22(28)27(3)23(25)26-24/h5,7-14,16H,4,6,15H2,1-3H3,(H2,25,26). The van der Waals surface area contributed by atoms with Crippen molar-refractivity contribution >= 4 is 22.6 Å². The maximum atomic E-state index is 12.3. The van der Waals surface area contributed by atoms with E-state index in [1.165, 1.54) is 21.2 Å². The lowest BCUT2D eigenvalue weighted by molar-refractivity contribution is -0.128. The number of nitrogens with zero attached hydrogens (tertiary/aromatic N) is 2. The van der Waals surface area contributed by atoms with Crippen LogP contribution < -0.4 is 10.5 Å². The molecule has 0 radical (unpaired) electrons. The Balaban J connectivity index is 1.66. The molecule has 5 heteroatoms. The van der Waals surface area contributed by atoms with Crippen molar-refractivity contribution < 1.29 is 9.53 Å². The largest absolute Gasteiger partial charge is 0.494 e. The van der Waals surface area contributed by atoms with Crippen molar-refractivity contribution in [2.75, 3.05) is 13.7 Å². The van der Waals surface area contributed by atoms with E-state index < -0.39 is 5.54 Å². The summed E-state index contributed by atoms with van der Waals surface area (Å²) >= 11 is 0. The molecule has 0 saturated heterocycles. The zero-order valence-corrected chi connectivity index (χ0v) is 17.2. The predicted octanol–water partition coefficient (Wildman–Crippen LogP) is 4.14. The molecule has 1 aliphatic carbocycles. The topological polar surface area (TPSA) is 67.9 Å². The number of guanidine groups is 1. The molecule has 29 heavy (non-hydrogen) atoms. The van der Waals surface area contributed by atoms with Crippen molar-refractivity contribution in [2.45, 2.75) is 38.1 Å². The minimum atomic E-state index is -0.619. The van der Waals surface area contributed by atoms with Crippen LogP contribution in [0, 0.1) is 0 Å². The van der Waals surface area contributed by atoms with E-state index in [1.807, 2.05) is 19.9 Å². The predicted molar refractivity (Wildman–Crippen MR) is 117 cm³/mol. The zero-order chi connectivity index (χ0) is 20.6. The van der Waals surface area contributed by atoms with Crippen molar-refractivity contribution in [2.24, 2.45) is 10.7 Å². The second kappa shape index (κ2) is 7.39. The van der Waals surface area contributed by atoms with E-state index in [4.69, 9.17) is 10.5 Å². The first-order valence-corrected chi connectivity index (χ1v) is 10.1. The summed E-state index contributed by atoms with van der Waals surface area (Å²) in [6, 6.07) is 12.8. The average molecular weight is 389 g/mol. The van der Waals surface area contributed by atoms with Crippen LogP contribution in [0.3, 0.4) is 0 Å². The van der Waals surface area contributed by atoms with Gasteiger partial charge in [-0.2, -0.15) is 0 Å². The van der Waals surface area contributed by atoms with Gasteiger partial charge in [0.1, 0.15) is 5.75 Å².